The van der Waals surface area contributed by atoms with Gasteiger partial charge in [0.15, 0.2) is 0 Å². The van der Waals surface area contributed by atoms with Crippen LogP contribution in [0, 0.1) is 11.7 Å². The number of anilines is 4. The van der Waals surface area contributed by atoms with E-state index in [1.165, 1.54) is 18.7 Å². The van der Waals surface area contributed by atoms with Crippen molar-refractivity contribution in [2.75, 3.05) is 28.3 Å². The van der Waals surface area contributed by atoms with Crippen molar-refractivity contribution in [3.63, 3.8) is 0 Å². The summed E-state index contributed by atoms with van der Waals surface area (Å²) in [6.07, 6.45) is 7.84. The van der Waals surface area contributed by atoms with Crippen LogP contribution < -0.4 is 15.1 Å². The van der Waals surface area contributed by atoms with Crippen LogP contribution >= 0.6 is 0 Å². The zero-order valence-corrected chi connectivity index (χ0v) is 17.5. The first-order valence-electron chi connectivity index (χ1n) is 11.4. The Balaban J connectivity index is 1.41. The predicted octanol–water partition coefficient (Wildman–Crippen LogP) is 4.37. The van der Waals surface area contributed by atoms with Gasteiger partial charge in [0.2, 0.25) is 5.91 Å². The highest BCUT2D eigenvalue weighted by Gasteiger charge is 2.39. The molecule has 2 saturated heterocycles. The lowest BCUT2D eigenvalue weighted by molar-refractivity contribution is -0.123. The monoisotopic (exact) mass is 422 g/mol. The van der Waals surface area contributed by atoms with E-state index in [-0.39, 0.29) is 17.6 Å². The number of nitrogens with zero attached hydrogens (tertiary/aromatic N) is 3. The molecule has 1 N–H and O–H groups in total. The SMILES string of the molecule is O=C(C1CCCCC1)N1Cc2cc(F)cnc2Nc2ccc(N3CC4C[C@H]3CO4)cc21. The fourth-order valence-corrected chi connectivity index (χ4v) is 5.61. The molecule has 0 radical (unpaired) electrons. The third-order valence-electron chi connectivity index (χ3n) is 7.24. The molecular formula is C24H27FN4O2. The van der Waals surface area contributed by atoms with Gasteiger partial charge >= 0.3 is 0 Å². The number of amides is 1. The van der Waals surface area contributed by atoms with Crippen LogP contribution in [0.25, 0.3) is 0 Å². The molecule has 1 saturated carbocycles. The Hall–Kier alpha value is -2.67. The first-order valence-corrected chi connectivity index (χ1v) is 11.4. The maximum Gasteiger partial charge on any atom is 0.230 e. The second-order valence-electron chi connectivity index (χ2n) is 9.24. The van der Waals surface area contributed by atoms with Crippen LogP contribution in [0.3, 0.4) is 0 Å². The highest BCUT2D eigenvalue weighted by Crippen LogP contribution is 2.41. The van der Waals surface area contributed by atoms with Crippen LogP contribution in [0.15, 0.2) is 30.5 Å². The molecule has 1 aromatic heterocycles. The lowest BCUT2D eigenvalue weighted by atomic mass is 9.88. The van der Waals surface area contributed by atoms with Gasteiger partial charge in [-0.05, 0) is 43.5 Å². The molecule has 1 aromatic carbocycles. The topological polar surface area (TPSA) is 57.7 Å². The predicted molar refractivity (Wildman–Crippen MR) is 117 cm³/mol. The molecule has 6 rings (SSSR count). The van der Waals surface area contributed by atoms with E-state index in [1.54, 1.807) is 0 Å². The highest BCUT2D eigenvalue weighted by molar-refractivity contribution is 6.00. The Kier molecular flexibility index (Phi) is 4.60. The molecule has 2 aromatic rings. The maximum atomic E-state index is 14.0. The van der Waals surface area contributed by atoms with E-state index in [2.05, 4.69) is 27.3 Å². The summed E-state index contributed by atoms with van der Waals surface area (Å²) >= 11 is 0. The second kappa shape index (κ2) is 7.48. The molecule has 0 spiro atoms. The zero-order chi connectivity index (χ0) is 20.9. The van der Waals surface area contributed by atoms with Gasteiger partial charge in [0.05, 0.1) is 42.9 Å². The van der Waals surface area contributed by atoms with Crippen molar-refractivity contribution in [3.05, 3.63) is 41.8 Å². The number of ether oxygens (including phenoxy) is 1. The van der Waals surface area contributed by atoms with E-state index in [1.807, 2.05) is 11.0 Å². The number of halogens is 1. The Morgan fingerprint density at radius 2 is 2.06 bits per heavy atom. The minimum absolute atomic E-state index is 0.0320. The first kappa shape index (κ1) is 19.0. The minimum Gasteiger partial charge on any atom is -0.374 e. The summed E-state index contributed by atoms with van der Waals surface area (Å²) in [7, 11) is 0. The number of aromatic nitrogens is 1. The summed E-state index contributed by atoms with van der Waals surface area (Å²) in [5, 5.41) is 3.35. The summed E-state index contributed by atoms with van der Waals surface area (Å²) < 4.78 is 19.7. The number of fused-ring (bicyclic) bond motifs is 4. The lowest BCUT2D eigenvalue weighted by Crippen LogP contribution is -2.38. The number of pyridine rings is 1. The van der Waals surface area contributed by atoms with E-state index >= 15 is 0 Å². The summed E-state index contributed by atoms with van der Waals surface area (Å²) in [6, 6.07) is 8.13. The molecule has 1 amide bonds. The molecule has 31 heavy (non-hydrogen) atoms. The molecule has 2 bridgehead atoms. The van der Waals surface area contributed by atoms with Crippen molar-refractivity contribution in [2.45, 2.75) is 57.2 Å². The molecule has 1 aliphatic carbocycles. The van der Waals surface area contributed by atoms with E-state index in [0.717, 1.165) is 62.3 Å². The molecule has 4 heterocycles. The lowest BCUT2D eigenvalue weighted by Gasteiger charge is -2.32. The van der Waals surface area contributed by atoms with Crippen LogP contribution in [-0.2, 0) is 16.1 Å². The van der Waals surface area contributed by atoms with Crippen LogP contribution in [0.2, 0.25) is 0 Å². The van der Waals surface area contributed by atoms with Crippen LogP contribution in [0.5, 0.6) is 0 Å². The summed E-state index contributed by atoms with van der Waals surface area (Å²) in [6.45, 7) is 1.98. The highest BCUT2D eigenvalue weighted by atomic mass is 19.1. The van der Waals surface area contributed by atoms with E-state index < -0.39 is 0 Å². The summed E-state index contributed by atoms with van der Waals surface area (Å²) in [5.41, 5.74) is 3.51. The number of carbonyl (C=O) groups excluding carboxylic acids is 1. The van der Waals surface area contributed by atoms with Crippen LogP contribution in [0.1, 0.15) is 44.1 Å². The number of rotatable bonds is 2. The van der Waals surface area contributed by atoms with E-state index in [9.17, 15) is 9.18 Å². The number of morpholine rings is 1. The maximum absolute atomic E-state index is 14.0. The zero-order valence-electron chi connectivity index (χ0n) is 17.5. The molecule has 162 valence electrons. The molecule has 1 unspecified atom stereocenters. The average molecular weight is 423 g/mol. The van der Waals surface area contributed by atoms with Crippen molar-refractivity contribution in [1.29, 1.82) is 0 Å². The van der Waals surface area contributed by atoms with Crippen molar-refractivity contribution in [2.24, 2.45) is 5.92 Å². The Morgan fingerprint density at radius 3 is 2.84 bits per heavy atom. The van der Waals surface area contributed by atoms with Gasteiger partial charge in [0.1, 0.15) is 11.6 Å². The number of carbonyl (C=O) groups is 1. The Bertz CT molecular complexity index is 1020. The standard InChI is InChI=1S/C24H27FN4O2/c25-17-8-16-12-29(24(30)15-4-2-1-3-5-15)22-10-18(28-13-20-9-19(28)14-31-20)6-7-21(22)27-23(16)26-11-17/h6-8,10-11,15,19-20H,1-5,9,12-14H2,(H,26,27)/t19-,20?/m0/s1. The Labute approximate surface area is 181 Å². The molecule has 6 nitrogen and oxygen atoms in total. The van der Waals surface area contributed by atoms with Crippen molar-refractivity contribution in [3.8, 4) is 0 Å². The molecule has 2 atom stereocenters. The smallest absolute Gasteiger partial charge is 0.230 e. The number of nitrogens with one attached hydrogen (secondary N) is 1. The molecule has 4 aliphatic rings. The van der Waals surface area contributed by atoms with Crippen LogP contribution in [0.4, 0.5) is 27.3 Å². The normalized spacial score (nSPS) is 25.1. The summed E-state index contributed by atoms with van der Waals surface area (Å²) in [4.78, 5) is 22.2. The van der Waals surface area contributed by atoms with Crippen LogP contribution in [-0.4, -0.2) is 36.2 Å². The third kappa shape index (κ3) is 3.35. The van der Waals surface area contributed by atoms with Gasteiger partial charge in [-0.15, -0.1) is 0 Å². The molecule has 3 aliphatic heterocycles. The van der Waals surface area contributed by atoms with Gasteiger partial charge in [-0.3, -0.25) is 4.79 Å². The van der Waals surface area contributed by atoms with Gasteiger partial charge in [-0.25, -0.2) is 9.37 Å². The van der Waals surface area contributed by atoms with Crippen molar-refractivity contribution >= 4 is 28.8 Å². The molecule has 3 fully saturated rings. The van der Waals surface area contributed by atoms with Crippen molar-refractivity contribution < 1.29 is 13.9 Å². The van der Waals surface area contributed by atoms with Gasteiger partial charge in [0, 0.05) is 23.7 Å². The number of hydrogen-bond donors (Lipinski definition) is 1. The Morgan fingerprint density at radius 1 is 1.19 bits per heavy atom. The fraction of sp³-hybridized carbons (Fsp3) is 0.500. The second-order valence-corrected chi connectivity index (χ2v) is 9.24. The van der Waals surface area contributed by atoms with E-state index in [0.29, 0.717) is 30.1 Å². The largest absolute Gasteiger partial charge is 0.374 e. The minimum atomic E-state index is -0.384. The van der Waals surface area contributed by atoms with Crippen molar-refractivity contribution in [1.82, 2.24) is 4.98 Å². The van der Waals surface area contributed by atoms with Gasteiger partial charge < -0.3 is 19.9 Å². The third-order valence-corrected chi connectivity index (χ3v) is 7.24. The number of benzene rings is 1. The average Bonchev–Trinajstić information content (AvgIpc) is 3.39. The van der Waals surface area contributed by atoms with Gasteiger partial charge in [0.25, 0.3) is 0 Å². The first-order chi connectivity index (χ1) is 15.2. The molecule has 7 heteroatoms. The fourth-order valence-electron chi connectivity index (χ4n) is 5.61. The van der Waals surface area contributed by atoms with Gasteiger partial charge in [-0.1, -0.05) is 19.3 Å². The molecular weight excluding hydrogens is 395 g/mol. The van der Waals surface area contributed by atoms with Gasteiger partial charge in [-0.2, -0.15) is 0 Å². The summed E-state index contributed by atoms with van der Waals surface area (Å²) in [5.74, 6) is 0.404. The van der Waals surface area contributed by atoms with E-state index in [4.69, 9.17) is 4.74 Å². The number of hydrogen-bond acceptors (Lipinski definition) is 5. The quantitative estimate of drug-likeness (QED) is 0.779.